The number of rotatable bonds is 4. The molecule has 0 spiro atoms. The van der Waals surface area contributed by atoms with Gasteiger partial charge in [0.1, 0.15) is 5.69 Å². The Balaban J connectivity index is 2.04. The van der Waals surface area contributed by atoms with Crippen molar-refractivity contribution in [3.05, 3.63) is 41.5 Å². The maximum atomic E-state index is 12.1. The number of nitrogens with zero attached hydrogens (tertiary/aromatic N) is 2. The van der Waals surface area contributed by atoms with Gasteiger partial charge >= 0.3 is 0 Å². The van der Waals surface area contributed by atoms with Gasteiger partial charge in [-0.15, -0.1) is 0 Å². The predicted molar refractivity (Wildman–Crippen MR) is 69.3 cm³/mol. The molecule has 0 saturated carbocycles. The Morgan fingerprint density at radius 2 is 2.33 bits per heavy atom. The molecule has 1 amide bonds. The van der Waals surface area contributed by atoms with Crippen molar-refractivity contribution in [2.24, 2.45) is 0 Å². The van der Waals surface area contributed by atoms with Crippen LogP contribution in [0.25, 0.3) is 0 Å². The number of H-pyrrole nitrogens is 1. The lowest BCUT2D eigenvalue weighted by molar-refractivity contribution is 0.0940. The number of aromatic amines is 1. The van der Waals surface area contributed by atoms with E-state index in [1.807, 2.05) is 29.8 Å². The third-order valence-electron chi connectivity index (χ3n) is 2.94. The fraction of sp³-hybridized carbons (Fsp3) is 0.385. The number of amides is 1. The van der Waals surface area contributed by atoms with Gasteiger partial charge in [0.05, 0.1) is 6.20 Å². The molecule has 2 heterocycles. The molecule has 0 saturated heterocycles. The largest absolute Gasteiger partial charge is 0.347 e. The molecule has 0 aliphatic carbocycles. The fourth-order valence-corrected chi connectivity index (χ4v) is 1.86. The summed E-state index contributed by atoms with van der Waals surface area (Å²) in [5, 5.41) is 9.68. The zero-order valence-electron chi connectivity index (χ0n) is 10.9. The molecule has 0 radical (unpaired) electrons. The van der Waals surface area contributed by atoms with E-state index < -0.39 is 0 Å². The van der Waals surface area contributed by atoms with E-state index in [2.05, 4.69) is 29.4 Å². The normalized spacial score (nSPS) is 10.9. The summed E-state index contributed by atoms with van der Waals surface area (Å²) < 4.78 is 1.96. The maximum absolute atomic E-state index is 12.1. The van der Waals surface area contributed by atoms with Gasteiger partial charge in [-0.05, 0) is 32.9 Å². The van der Waals surface area contributed by atoms with Gasteiger partial charge in [0.15, 0.2) is 0 Å². The van der Waals surface area contributed by atoms with Crippen molar-refractivity contribution < 1.29 is 4.79 Å². The molecule has 5 nitrogen and oxygen atoms in total. The van der Waals surface area contributed by atoms with Crippen molar-refractivity contribution in [2.45, 2.75) is 33.4 Å². The first kappa shape index (κ1) is 12.4. The van der Waals surface area contributed by atoms with E-state index in [-0.39, 0.29) is 11.9 Å². The van der Waals surface area contributed by atoms with Crippen molar-refractivity contribution in [2.75, 3.05) is 0 Å². The highest BCUT2D eigenvalue weighted by molar-refractivity contribution is 5.92. The number of carbonyl (C=O) groups is 1. The lowest BCUT2D eigenvalue weighted by atomic mass is 10.2. The van der Waals surface area contributed by atoms with Crippen LogP contribution < -0.4 is 5.32 Å². The number of nitrogens with one attached hydrogen (secondary N) is 2. The second-order valence-electron chi connectivity index (χ2n) is 4.60. The smallest absolute Gasteiger partial charge is 0.268 e. The average molecular weight is 246 g/mol. The maximum Gasteiger partial charge on any atom is 0.268 e. The zero-order chi connectivity index (χ0) is 13.1. The highest BCUT2D eigenvalue weighted by atomic mass is 16.1. The van der Waals surface area contributed by atoms with E-state index in [4.69, 9.17) is 0 Å². The third kappa shape index (κ3) is 2.45. The number of hydrogen-bond donors (Lipinski definition) is 2. The summed E-state index contributed by atoms with van der Waals surface area (Å²) >= 11 is 0. The van der Waals surface area contributed by atoms with Crippen molar-refractivity contribution in [1.29, 1.82) is 0 Å². The Labute approximate surface area is 106 Å². The predicted octanol–water partition coefficient (Wildman–Crippen LogP) is 2.03. The van der Waals surface area contributed by atoms with Gasteiger partial charge in [0.2, 0.25) is 0 Å². The van der Waals surface area contributed by atoms with Gasteiger partial charge in [-0.25, -0.2) is 0 Å². The Bertz CT molecular complexity index is 539. The minimum absolute atomic E-state index is 0.0608. The standard InChI is InChI=1S/C13H18N4O/c1-9(2)17-6-4-5-12(17)13(18)14-7-11-8-15-16-10(11)3/h4-6,8-9H,7H2,1-3H3,(H,14,18)(H,15,16). The number of aromatic nitrogens is 3. The summed E-state index contributed by atoms with van der Waals surface area (Å²) in [5.74, 6) is -0.0608. The molecule has 0 fully saturated rings. The molecule has 2 N–H and O–H groups in total. The summed E-state index contributed by atoms with van der Waals surface area (Å²) in [5.41, 5.74) is 2.67. The quantitative estimate of drug-likeness (QED) is 0.867. The minimum Gasteiger partial charge on any atom is -0.347 e. The molecule has 0 atom stereocenters. The van der Waals surface area contributed by atoms with Crippen LogP contribution in [0.1, 0.15) is 41.6 Å². The van der Waals surface area contributed by atoms with Gasteiger partial charge < -0.3 is 9.88 Å². The highest BCUT2D eigenvalue weighted by Gasteiger charge is 2.12. The molecule has 0 aromatic carbocycles. The van der Waals surface area contributed by atoms with Crippen LogP contribution in [-0.2, 0) is 6.54 Å². The molecule has 2 aromatic rings. The number of aryl methyl sites for hydroxylation is 1. The molecule has 96 valence electrons. The Morgan fingerprint density at radius 1 is 1.56 bits per heavy atom. The minimum atomic E-state index is -0.0608. The molecule has 2 aromatic heterocycles. The fourth-order valence-electron chi connectivity index (χ4n) is 1.86. The third-order valence-corrected chi connectivity index (χ3v) is 2.94. The van der Waals surface area contributed by atoms with Crippen LogP contribution in [0.15, 0.2) is 24.5 Å². The topological polar surface area (TPSA) is 62.7 Å². The van der Waals surface area contributed by atoms with Gasteiger partial charge in [0.25, 0.3) is 5.91 Å². The van der Waals surface area contributed by atoms with E-state index in [0.29, 0.717) is 12.2 Å². The molecular formula is C13H18N4O. The lowest BCUT2D eigenvalue weighted by Crippen LogP contribution is -2.26. The van der Waals surface area contributed by atoms with Crippen LogP contribution in [0.2, 0.25) is 0 Å². The van der Waals surface area contributed by atoms with Gasteiger partial charge in [-0.2, -0.15) is 5.10 Å². The van der Waals surface area contributed by atoms with Crippen molar-refractivity contribution in [3.63, 3.8) is 0 Å². The van der Waals surface area contributed by atoms with Crippen LogP contribution in [0.4, 0.5) is 0 Å². The number of hydrogen-bond acceptors (Lipinski definition) is 2. The molecular weight excluding hydrogens is 228 g/mol. The molecule has 2 rings (SSSR count). The summed E-state index contributed by atoms with van der Waals surface area (Å²) in [6.45, 7) is 6.53. The SMILES string of the molecule is Cc1[nH]ncc1CNC(=O)c1cccn1C(C)C. The Hall–Kier alpha value is -2.04. The second-order valence-corrected chi connectivity index (χ2v) is 4.60. The van der Waals surface area contributed by atoms with E-state index in [1.54, 1.807) is 6.20 Å². The van der Waals surface area contributed by atoms with Crippen LogP contribution in [0, 0.1) is 6.92 Å². The Kier molecular flexibility index (Phi) is 3.50. The van der Waals surface area contributed by atoms with Crippen LogP contribution >= 0.6 is 0 Å². The van der Waals surface area contributed by atoms with Crippen LogP contribution in [0.3, 0.4) is 0 Å². The lowest BCUT2D eigenvalue weighted by Gasteiger charge is -2.12. The van der Waals surface area contributed by atoms with Crippen molar-refractivity contribution in [1.82, 2.24) is 20.1 Å². The monoisotopic (exact) mass is 246 g/mol. The Morgan fingerprint density at radius 3 is 2.94 bits per heavy atom. The molecule has 18 heavy (non-hydrogen) atoms. The van der Waals surface area contributed by atoms with E-state index in [9.17, 15) is 4.79 Å². The number of carbonyl (C=O) groups excluding carboxylic acids is 1. The highest BCUT2D eigenvalue weighted by Crippen LogP contribution is 2.11. The van der Waals surface area contributed by atoms with E-state index in [0.717, 1.165) is 11.3 Å². The van der Waals surface area contributed by atoms with Gasteiger partial charge in [0, 0.05) is 30.0 Å². The van der Waals surface area contributed by atoms with E-state index >= 15 is 0 Å². The second kappa shape index (κ2) is 5.08. The van der Waals surface area contributed by atoms with Crippen LogP contribution in [0.5, 0.6) is 0 Å². The first-order valence-electron chi connectivity index (χ1n) is 6.03. The molecule has 0 unspecified atom stereocenters. The molecule has 5 heteroatoms. The summed E-state index contributed by atoms with van der Waals surface area (Å²) in [7, 11) is 0. The first-order chi connectivity index (χ1) is 8.59. The zero-order valence-corrected chi connectivity index (χ0v) is 10.9. The van der Waals surface area contributed by atoms with Crippen molar-refractivity contribution >= 4 is 5.91 Å². The summed E-state index contributed by atoms with van der Waals surface area (Å²) in [4.78, 5) is 12.1. The summed E-state index contributed by atoms with van der Waals surface area (Å²) in [6.07, 6.45) is 3.65. The van der Waals surface area contributed by atoms with Gasteiger partial charge in [-0.3, -0.25) is 9.89 Å². The first-order valence-corrected chi connectivity index (χ1v) is 6.03. The van der Waals surface area contributed by atoms with Crippen LogP contribution in [-0.4, -0.2) is 20.7 Å². The van der Waals surface area contributed by atoms with Gasteiger partial charge in [-0.1, -0.05) is 0 Å². The van der Waals surface area contributed by atoms with Crippen molar-refractivity contribution in [3.8, 4) is 0 Å². The molecule has 0 aliphatic rings. The molecule has 0 bridgehead atoms. The molecule has 0 aliphatic heterocycles. The van der Waals surface area contributed by atoms with E-state index in [1.165, 1.54) is 0 Å². The average Bonchev–Trinajstić information content (AvgIpc) is 2.94. The summed E-state index contributed by atoms with van der Waals surface area (Å²) in [6, 6.07) is 3.99.